The second kappa shape index (κ2) is 4.50. The Bertz CT molecular complexity index is 738. The van der Waals surface area contributed by atoms with Crippen molar-refractivity contribution in [1.82, 2.24) is 19.5 Å². The Hall–Kier alpha value is -2.00. The minimum atomic E-state index is -1.73. The number of nitrogen functional groups attached to an aromatic ring is 1. The lowest BCUT2D eigenvalue weighted by atomic mass is 10.00. The van der Waals surface area contributed by atoms with E-state index in [9.17, 15) is 14.3 Å². The van der Waals surface area contributed by atoms with Gasteiger partial charge in [0.25, 0.3) is 5.56 Å². The van der Waals surface area contributed by atoms with E-state index < -0.39 is 29.7 Å². The van der Waals surface area contributed by atoms with Gasteiger partial charge in [0, 0.05) is 6.42 Å². The van der Waals surface area contributed by atoms with Gasteiger partial charge in [-0.3, -0.25) is 14.3 Å². The Kier molecular flexibility index (Phi) is 2.99. The normalized spacial score (nSPS) is 30.9. The Morgan fingerprint density at radius 2 is 2.43 bits per heavy atom. The summed E-state index contributed by atoms with van der Waals surface area (Å²) in [6, 6.07) is 0. The summed E-state index contributed by atoms with van der Waals surface area (Å²) in [6.45, 7) is 2.92. The molecule has 0 spiro atoms. The number of fused-ring (bicyclic) bond motifs is 1. The van der Waals surface area contributed by atoms with E-state index in [0.717, 1.165) is 0 Å². The number of halogens is 1. The van der Waals surface area contributed by atoms with E-state index in [-0.39, 0.29) is 23.5 Å². The van der Waals surface area contributed by atoms with Crippen molar-refractivity contribution in [2.24, 2.45) is 0 Å². The summed E-state index contributed by atoms with van der Waals surface area (Å²) < 4.78 is 21.7. The Labute approximate surface area is 118 Å². The summed E-state index contributed by atoms with van der Waals surface area (Å²) in [5.74, 6) is -0.0834. The quantitative estimate of drug-likeness (QED) is 0.723. The van der Waals surface area contributed by atoms with Crippen LogP contribution >= 0.6 is 0 Å². The number of nitrogens with zero attached hydrogens (tertiary/aromatic N) is 3. The van der Waals surface area contributed by atoms with Crippen LogP contribution in [0, 0.1) is 0 Å². The molecule has 2 aromatic heterocycles. The zero-order valence-corrected chi connectivity index (χ0v) is 11.6. The number of nitrogens with two attached hydrogens (primary N) is 1. The molecule has 8 nitrogen and oxygen atoms in total. The number of aliphatic hydroxyl groups excluding tert-OH is 1. The average molecular weight is 297 g/mol. The van der Waals surface area contributed by atoms with E-state index in [1.807, 2.05) is 0 Å². The maximum Gasteiger partial charge on any atom is 0.280 e. The van der Waals surface area contributed by atoms with Crippen molar-refractivity contribution in [3.63, 3.8) is 0 Å². The third-order valence-electron chi connectivity index (χ3n) is 3.66. The molecule has 1 saturated heterocycles. The number of anilines is 1. The molecule has 4 N–H and O–H groups in total. The fraction of sp³-hybridized carbons (Fsp3) is 0.583. The molecule has 1 aliphatic rings. The SMILES string of the molecule is CC(O)C1CC(C)(F)C(n2cnc3c(=O)[nH]c(N)nc32)O1. The Morgan fingerprint density at radius 1 is 1.71 bits per heavy atom. The van der Waals surface area contributed by atoms with Crippen molar-refractivity contribution in [3.8, 4) is 0 Å². The van der Waals surface area contributed by atoms with E-state index >= 15 is 0 Å². The van der Waals surface area contributed by atoms with Gasteiger partial charge in [0.05, 0.1) is 18.5 Å². The number of hydrogen-bond donors (Lipinski definition) is 3. The number of aromatic nitrogens is 4. The molecular weight excluding hydrogens is 281 g/mol. The van der Waals surface area contributed by atoms with Crippen LogP contribution in [0.5, 0.6) is 0 Å². The number of aromatic amines is 1. The van der Waals surface area contributed by atoms with Gasteiger partial charge in [0.15, 0.2) is 23.1 Å². The first-order valence-electron chi connectivity index (χ1n) is 6.54. The summed E-state index contributed by atoms with van der Waals surface area (Å²) >= 11 is 0. The highest BCUT2D eigenvalue weighted by Gasteiger charge is 2.48. The molecular formula is C12H16FN5O3. The predicted molar refractivity (Wildman–Crippen MR) is 72.3 cm³/mol. The minimum absolute atomic E-state index is 0.0354. The summed E-state index contributed by atoms with van der Waals surface area (Å²) in [7, 11) is 0. The predicted octanol–water partition coefficient (Wildman–Crippen LogP) is 0.0983. The summed E-state index contributed by atoms with van der Waals surface area (Å²) in [5, 5.41) is 9.59. The summed E-state index contributed by atoms with van der Waals surface area (Å²) in [4.78, 5) is 22.0. The highest BCUT2D eigenvalue weighted by atomic mass is 19.1. The molecule has 9 heteroatoms. The van der Waals surface area contributed by atoms with Crippen molar-refractivity contribution < 1.29 is 14.2 Å². The maximum absolute atomic E-state index is 14.7. The molecule has 0 aromatic carbocycles. The summed E-state index contributed by atoms with van der Waals surface area (Å²) in [6.07, 6.45) is -1.15. The third kappa shape index (κ3) is 2.18. The first-order chi connectivity index (χ1) is 9.79. The monoisotopic (exact) mass is 297 g/mol. The lowest BCUT2D eigenvalue weighted by molar-refractivity contribution is -0.0752. The second-order valence-electron chi connectivity index (χ2n) is 5.52. The number of alkyl halides is 1. The largest absolute Gasteiger partial charge is 0.391 e. The molecule has 3 rings (SSSR count). The highest BCUT2D eigenvalue weighted by Crippen LogP contribution is 2.42. The van der Waals surface area contributed by atoms with Crippen molar-refractivity contribution in [2.75, 3.05) is 5.73 Å². The molecule has 0 amide bonds. The lowest BCUT2D eigenvalue weighted by Gasteiger charge is -2.22. The van der Waals surface area contributed by atoms with Gasteiger partial charge >= 0.3 is 0 Å². The lowest BCUT2D eigenvalue weighted by Crippen LogP contribution is -2.27. The highest BCUT2D eigenvalue weighted by molar-refractivity contribution is 5.70. The van der Waals surface area contributed by atoms with E-state index in [2.05, 4.69) is 15.0 Å². The first-order valence-corrected chi connectivity index (χ1v) is 6.54. The van der Waals surface area contributed by atoms with Crippen LogP contribution in [0.2, 0.25) is 0 Å². The first kappa shape index (κ1) is 14.0. The topological polar surface area (TPSA) is 119 Å². The number of H-pyrrole nitrogens is 1. The van der Waals surface area contributed by atoms with Gasteiger partial charge in [0.1, 0.15) is 0 Å². The van der Waals surface area contributed by atoms with Crippen LogP contribution in [-0.2, 0) is 4.74 Å². The zero-order chi connectivity index (χ0) is 15.4. The Morgan fingerprint density at radius 3 is 3.05 bits per heavy atom. The second-order valence-corrected chi connectivity index (χ2v) is 5.52. The minimum Gasteiger partial charge on any atom is -0.391 e. The van der Waals surface area contributed by atoms with E-state index in [4.69, 9.17) is 10.5 Å². The van der Waals surface area contributed by atoms with Gasteiger partial charge in [0.2, 0.25) is 5.95 Å². The van der Waals surface area contributed by atoms with Crippen LogP contribution in [0.3, 0.4) is 0 Å². The molecule has 0 radical (unpaired) electrons. The van der Waals surface area contributed by atoms with Crippen molar-refractivity contribution in [3.05, 3.63) is 16.7 Å². The van der Waals surface area contributed by atoms with Crippen molar-refractivity contribution >= 4 is 17.1 Å². The molecule has 0 bridgehead atoms. The van der Waals surface area contributed by atoms with Crippen LogP contribution in [0.4, 0.5) is 10.3 Å². The molecule has 4 atom stereocenters. The molecule has 4 unspecified atom stereocenters. The number of imidazole rings is 1. The van der Waals surface area contributed by atoms with E-state index in [1.165, 1.54) is 24.7 Å². The fourth-order valence-electron chi connectivity index (χ4n) is 2.60. The fourth-order valence-corrected chi connectivity index (χ4v) is 2.60. The standard InChI is InChI=1S/C12H16FN5O3/c1-5(19)6-3-12(2,13)10(21-6)18-4-15-7-8(18)16-11(14)17-9(7)20/h4-6,10,19H,3H2,1-2H3,(H3,14,16,17,20). The van der Waals surface area contributed by atoms with E-state index in [1.54, 1.807) is 0 Å². The van der Waals surface area contributed by atoms with Gasteiger partial charge in [-0.05, 0) is 13.8 Å². The number of rotatable bonds is 2. The van der Waals surface area contributed by atoms with Crippen LogP contribution in [-0.4, -0.2) is 42.5 Å². The molecule has 3 heterocycles. The van der Waals surface area contributed by atoms with Gasteiger partial charge in [-0.2, -0.15) is 4.98 Å². The van der Waals surface area contributed by atoms with Crippen molar-refractivity contribution in [2.45, 2.75) is 44.4 Å². The molecule has 114 valence electrons. The number of hydrogen-bond acceptors (Lipinski definition) is 6. The van der Waals surface area contributed by atoms with E-state index in [0.29, 0.717) is 0 Å². The summed E-state index contributed by atoms with van der Waals surface area (Å²) in [5.41, 5.74) is 3.49. The third-order valence-corrected chi connectivity index (χ3v) is 3.66. The van der Waals surface area contributed by atoms with Gasteiger partial charge in [-0.25, -0.2) is 9.37 Å². The maximum atomic E-state index is 14.7. The molecule has 0 aliphatic carbocycles. The van der Waals surface area contributed by atoms with Crippen LogP contribution in [0.25, 0.3) is 11.2 Å². The smallest absolute Gasteiger partial charge is 0.280 e. The van der Waals surface area contributed by atoms with Crippen LogP contribution in [0.1, 0.15) is 26.5 Å². The number of nitrogens with one attached hydrogen (secondary N) is 1. The van der Waals surface area contributed by atoms with Gasteiger partial charge < -0.3 is 15.6 Å². The number of aliphatic hydroxyl groups is 1. The van der Waals surface area contributed by atoms with Gasteiger partial charge in [-0.15, -0.1) is 0 Å². The van der Waals surface area contributed by atoms with Gasteiger partial charge in [-0.1, -0.05) is 0 Å². The van der Waals surface area contributed by atoms with Crippen LogP contribution in [0.15, 0.2) is 11.1 Å². The zero-order valence-electron chi connectivity index (χ0n) is 11.6. The molecule has 1 aliphatic heterocycles. The van der Waals surface area contributed by atoms with Crippen molar-refractivity contribution in [1.29, 1.82) is 0 Å². The Balaban J connectivity index is 2.10. The molecule has 0 saturated carbocycles. The molecule has 1 fully saturated rings. The average Bonchev–Trinajstić information content (AvgIpc) is 2.89. The van der Waals surface area contributed by atoms with Crippen LogP contribution < -0.4 is 11.3 Å². The number of ether oxygens (including phenoxy) is 1. The molecule has 2 aromatic rings. The molecule has 21 heavy (non-hydrogen) atoms.